The van der Waals surface area contributed by atoms with Crippen LogP contribution in [0, 0.1) is 12.7 Å². The Morgan fingerprint density at radius 2 is 1.86 bits per heavy atom. The number of fused-ring (bicyclic) bond motifs is 1. The average molecular weight is 301 g/mol. The van der Waals surface area contributed by atoms with Crippen LogP contribution in [0.2, 0.25) is 0 Å². The second kappa shape index (κ2) is 4.76. The largest absolute Gasteiger partial charge is 0.364 e. The number of aromatic nitrogens is 4. The topological polar surface area (TPSA) is 95.8 Å². The molecular formula is C14H12FN5O2. The standard InChI is InChI=1S/C14H12FN5O2/c1-7-17-10(12(16)21)11-13(18-7)20(14(22)19(11)2)9-5-3-8(15)4-6-9/h3-6H,1-2H3,(H2,16,21). The predicted octanol–water partition coefficient (Wildman–Crippen LogP) is 0.666. The first-order chi connectivity index (χ1) is 10.4. The van der Waals surface area contributed by atoms with Gasteiger partial charge < -0.3 is 5.73 Å². The third kappa shape index (κ3) is 1.96. The van der Waals surface area contributed by atoms with Gasteiger partial charge in [-0.2, -0.15) is 0 Å². The summed E-state index contributed by atoms with van der Waals surface area (Å²) < 4.78 is 15.6. The summed E-state index contributed by atoms with van der Waals surface area (Å²) in [6.07, 6.45) is 0. The third-order valence-corrected chi connectivity index (χ3v) is 3.32. The summed E-state index contributed by atoms with van der Waals surface area (Å²) in [6.45, 7) is 1.60. The molecule has 0 radical (unpaired) electrons. The molecule has 2 aromatic heterocycles. The number of hydrogen-bond acceptors (Lipinski definition) is 4. The maximum Gasteiger partial charge on any atom is 0.334 e. The number of amides is 1. The van der Waals surface area contributed by atoms with Crippen molar-refractivity contribution in [1.82, 2.24) is 19.1 Å². The highest BCUT2D eigenvalue weighted by molar-refractivity contribution is 6.01. The lowest BCUT2D eigenvalue weighted by atomic mass is 10.3. The number of halogens is 1. The van der Waals surface area contributed by atoms with Crippen LogP contribution < -0.4 is 11.4 Å². The summed E-state index contributed by atoms with van der Waals surface area (Å²) in [4.78, 5) is 32.3. The molecule has 0 saturated heterocycles. The van der Waals surface area contributed by atoms with Crippen molar-refractivity contribution < 1.29 is 9.18 Å². The lowest BCUT2D eigenvalue weighted by molar-refractivity contribution is 0.0996. The van der Waals surface area contributed by atoms with Gasteiger partial charge in [0.15, 0.2) is 11.3 Å². The molecule has 0 unspecified atom stereocenters. The van der Waals surface area contributed by atoms with Crippen molar-refractivity contribution >= 4 is 17.1 Å². The number of benzene rings is 1. The Morgan fingerprint density at radius 3 is 2.45 bits per heavy atom. The fourth-order valence-corrected chi connectivity index (χ4v) is 2.35. The summed E-state index contributed by atoms with van der Waals surface area (Å²) in [7, 11) is 1.50. The Bertz CT molecular complexity index is 956. The van der Waals surface area contributed by atoms with Gasteiger partial charge in [-0.25, -0.2) is 23.7 Å². The van der Waals surface area contributed by atoms with E-state index in [0.717, 1.165) is 0 Å². The zero-order chi connectivity index (χ0) is 16.0. The lowest BCUT2D eigenvalue weighted by Gasteiger charge is -2.04. The van der Waals surface area contributed by atoms with Crippen molar-refractivity contribution in [2.24, 2.45) is 12.8 Å². The molecule has 1 aromatic carbocycles. The number of carbonyl (C=O) groups is 1. The molecule has 0 atom stereocenters. The molecule has 22 heavy (non-hydrogen) atoms. The van der Waals surface area contributed by atoms with Crippen LogP contribution in [0.3, 0.4) is 0 Å². The molecule has 0 aliphatic carbocycles. The minimum absolute atomic E-state index is 0.0250. The Balaban J connectivity index is 2.46. The van der Waals surface area contributed by atoms with Crippen LogP contribution >= 0.6 is 0 Å². The minimum Gasteiger partial charge on any atom is -0.364 e. The first kappa shape index (κ1) is 13.9. The molecule has 1 amide bonds. The molecule has 0 aliphatic rings. The number of hydrogen-bond donors (Lipinski definition) is 1. The molecule has 3 rings (SSSR count). The van der Waals surface area contributed by atoms with Crippen molar-refractivity contribution in [2.75, 3.05) is 0 Å². The van der Waals surface area contributed by atoms with Crippen LogP contribution in [-0.4, -0.2) is 25.0 Å². The maximum atomic E-state index is 13.1. The number of imidazole rings is 1. The van der Waals surface area contributed by atoms with Crippen molar-refractivity contribution in [3.8, 4) is 5.69 Å². The monoisotopic (exact) mass is 301 g/mol. The van der Waals surface area contributed by atoms with Crippen molar-refractivity contribution in [2.45, 2.75) is 6.92 Å². The van der Waals surface area contributed by atoms with Gasteiger partial charge in [0.25, 0.3) is 5.91 Å². The third-order valence-electron chi connectivity index (χ3n) is 3.32. The van der Waals surface area contributed by atoms with E-state index in [1.54, 1.807) is 6.92 Å². The van der Waals surface area contributed by atoms with Gasteiger partial charge >= 0.3 is 5.69 Å². The Labute approximate surface area is 123 Å². The van der Waals surface area contributed by atoms with Crippen molar-refractivity contribution in [3.63, 3.8) is 0 Å². The van der Waals surface area contributed by atoms with Crippen LogP contribution in [0.5, 0.6) is 0 Å². The first-order valence-electron chi connectivity index (χ1n) is 6.42. The van der Waals surface area contributed by atoms with Gasteiger partial charge in [0.2, 0.25) is 0 Å². The zero-order valence-electron chi connectivity index (χ0n) is 11.9. The highest BCUT2D eigenvalue weighted by Gasteiger charge is 2.21. The number of carbonyl (C=O) groups excluding carboxylic acids is 1. The molecule has 8 heteroatoms. The van der Waals surface area contributed by atoms with E-state index in [2.05, 4.69) is 9.97 Å². The molecule has 3 aromatic rings. The Hall–Kier alpha value is -3.03. The highest BCUT2D eigenvalue weighted by atomic mass is 19.1. The number of aryl methyl sites for hydroxylation is 2. The number of primary amides is 1. The van der Waals surface area contributed by atoms with E-state index in [0.29, 0.717) is 11.5 Å². The number of rotatable bonds is 2. The molecule has 0 aliphatic heterocycles. The van der Waals surface area contributed by atoms with Crippen LogP contribution in [0.4, 0.5) is 4.39 Å². The first-order valence-corrected chi connectivity index (χ1v) is 6.42. The molecule has 0 spiro atoms. The van der Waals surface area contributed by atoms with Crippen LogP contribution in [-0.2, 0) is 7.05 Å². The second-order valence-corrected chi connectivity index (χ2v) is 4.81. The fourth-order valence-electron chi connectivity index (χ4n) is 2.35. The fraction of sp³-hybridized carbons (Fsp3) is 0.143. The van der Waals surface area contributed by atoms with Crippen molar-refractivity contribution in [3.05, 3.63) is 52.1 Å². The highest BCUT2D eigenvalue weighted by Crippen LogP contribution is 2.18. The van der Waals surface area contributed by atoms with Crippen LogP contribution in [0.1, 0.15) is 16.3 Å². The maximum absolute atomic E-state index is 13.1. The van der Waals surface area contributed by atoms with Crippen LogP contribution in [0.15, 0.2) is 29.1 Å². The summed E-state index contributed by atoms with van der Waals surface area (Å²) in [5.74, 6) is -0.856. The van der Waals surface area contributed by atoms with Gasteiger partial charge in [-0.3, -0.25) is 9.36 Å². The molecule has 112 valence electrons. The van der Waals surface area contributed by atoms with Gasteiger partial charge in [-0.05, 0) is 31.2 Å². The normalized spacial score (nSPS) is 11.0. The van der Waals surface area contributed by atoms with Gasteiger partial charge in [-0.15, -0.1) is 0 Å². The van der Waals surface area contributed by atoms with Gasteiger partial charge in [0.1, 0.15) is 17.2 Å². The number of nitrogens with zero attached hydrogens (tertiary/aromatic N) is 4. The molecule has 0 saturated carbocycles. The van der Waals surface area contributed by atoms with E-state index in [4.69, 9.17) is 5.73 Å². The number of nitrogens with two attached hydrogens (primary N) is 1. The SMILES string of the molecule is Cc1nc(C(N)=O)c2c(n1)n(-c1ccc(F)cc1)c(=O)n2C. The van der Waals surface area contributed by atoms with E-state index in [1.165, 1.54) is 40.4 Å². The lowest BCUT2D eigenvalue weighted by Crippen LogP contribution is -2.21. The van der Waals surface area contributed by atoms with E-state index < -0.39 is 17.4 Å². The van der Waals surface area contributed by atoms with Gasteiger partial charge in [-0.1, -0.05) is 0 Å². The summed E-state index contributed by atoms with van der Waals surface area (Å²) in [5, 5.41) is 0. The quantitative estimate of drug-likeness (QED) is 0.752. The van der Waals surface area contributed by atoms with Gasteiger partial charge in [0, 0.05) is 7.05 Å². The predicted molar refractivity (Wildman–Crippen MR) is 77.3 cm³/mol. The molecule has 0 fully saturated rings. The summed E-state index contributed by atoms with van der Waals surface area (Å²) in [6, 6.07) is 5.39. The van der Waals surface area contributed by atoms with Crippen molar-refractivity contribution in [1.29, 1.82) is 0 Å². The van der Waals surface area contributed by atoms with E-state index in [1.807, 2.05) is 0 Å². The van der Waals surface area contributed by atoms with E-state index >= 15 is 0 Å². The molecule has 2 heterocycles. The minimum atomic E-state index is -0.748. The molecule has 0 bridgehead atoms. The summed E-state index contributed by atoms with van der Waals surface area (Å²) >= 11 is 0. The van der Waals surface area contributed by atoms with Crippen LogP contribution in [0.25, 0.3) is 16.9 Å². The Kier molecular flexibility index (Phi) is 3.01. The average Bonchev–Trinajstić information content (AvgIpc) is 2.71. The smallest absolute Gasteiger partial charge is 0.334 e. The Morgan fingerprint density at radius 1 is 1.23 bits per heavy atom. The molecular weight excluding hydrogens is 289 g/mol. The van der Waals surface area contributed by atoms with E-state index in [-0.39, 0.29) is 16.9 Å². The molecule has 7 nitrogen and oxygen atoms in total. The second-order valence-electron chi connectivity index (χ2n) is 4.81. The summed E-state index contributed by atoms with van der Waals surface area (Å²) in [5.41, 5.74) is 5.81. The molecule has 2 N–H and O–H groups in total. The van der Waals surface area contributed by atoms with E-state index in [9.17, 15) is 14.0 Å². The van der Waals surface area contributed by atoms with Gasteiger partial charge in [0.05, 0.1) is 5.69 Å². The zero-order valence-corrected chi connectivity index (χ0v) is 11.9.